The van der Waals surface area contributed by atoms with Gasteiger partial charge < -0.3 is 10.5 Å². The van der Waals surface area contributed by atoms with E-state index in [0.29, 0.717) is 12.1 Å². The van der Waals surface area contributed by atoms with E-state index in [1.165, 1.54) is 32.1 Å². The van der Waals surface area contributed by atoms with Gasteiger partial charge in [-0.15, -0.1) is 0 Å². The van der Waals surface area contributed by atoms with Gasteiger partial charge in [-0.3, -0.25) is 0 Å². The molecule has 0 heterocycles. The molecule has 0 aromatic carbocycles. The van der Waals surface area contributed by atoms with E-state index >= 15 is 0 Å². The lowest BCUT2D eigenvalue weighted by molar-refractivity contribution is 0.0124. The van der Waals surface area contributed by atoms with Crippen LogP contribution in [-0.2, 0) is 4.74 Å². The molecule has 2 nitrogen and oxygen atoms in total. The summed E-state index contributed by atoms with van der Waals surface area (Å²) in [6.07, 6.45) is 7.69. The van der Waals surface area contributed by atoms with E-state index in [1.807, 2.05) is 0 Å². The zero-order valence-corrected chi connectivity index (χ0v) is 9.67. The Morgan fingerprint density at radius 1 is 1.29 bits per heavy atom. The fourth-order valence-electron chi connectivity index (χ4n) is 2.06. The lowest BCUT2D eigenvalue weighted by Gasteiger charge is -2.28. The van der Waals surface area contributed by atoms with E-state index in [4.69, 9.17) is 10.5 Å². The van der Waals surface area contributed by atoms with Crippen molar-refractivity contribution in [2.75, 3.05) is 6.61 Å². The second-order valence-electron chi connectivity index (χ2n) is 4.89. The summed E-state index contributed by atoms with van der Waals surface area (Å²) in [4.78, 5) is 0. The van der Waals surface area contributed by atoms with Crippen LogP contribution >= 0.6 is 0 Å². The van der Waals surface area contributed by atoms with Crippen molar-refractivity contribution in [1.29, 1.82) is 0 Å². The first-order valence-electron chi connectivity index (χ1n) is 6.07. The zero-order valence-electron chi connectivity index (χ0n) is 9.67. The quantitative estimate of drug-likeness (QED) is 0.691. The molecule has 14 heavy (non-hydrogen) atoms. The van der Waals surface area contributed by atoms with E-state index in [0.717, 1.165) is 18.9 Å². The summed E-state index contributed by atoms with van der Waals surface area (Å²) in [5.74, 6) is 0.790. The van der Waals surface area contributed by atoms with Gasteiger partial charge in [0.05, 0.1) is 6.10 Å². The molecule has 1 rings (SSSR count). The van der Waals surface area contributed by atoms with Crippen LogP contribution in [0.5, 0.6) is 0 Å². The summed E-state index contributed by atoms with van der Waals surface area (Å²) in [6, 6.07) is 0.294. The molecule has 2 heteroatoms. The molecule has 0 aromatic heterocycles. The molecule has 1 fully saturated rings. The number of rotatable bonds is 5. The minimum atomic E-state index is 0.294. The van der Waals surface area contributed by atoms with Gasteiger partial charge >= 0.3 is 0 Å². The standard InChI is InChI=1S/C12H25NO/c1-10(2)6-5-9-14-12-8-4-3-7-11(12)13/h10-12H,3-9,13H2,1-2H3. The van der Waals surface area contributed by atoms with Gasteiger partial charge in [0, 0.05) is 12.6 Å². The van der Waals surface area contributed by atoms with Crippen molar-refractivity contribution in [3.05, 3.63) is 0 Å². The third-order valence-electron chi connectivity index (χ3n) is 3.01. The SMILES string of the molecule is CC(C)CCCOC1CCCCC1N. The molecular formula is C12H25NO. The second kappa shape index (κ2) is 6.41. The molecule has 0 aromatic rings. The van der Waals surface area contributed by atoms with E-state index in [1.54, 1.807) is 0 Å². The van der Waals surface area contributed by atoms with Crippen LogP contribution in [0.3, 0.4) is 0 Å². The van der Waals surface area contributed by atoms with Crippen molar-refractivity contribution < 1.29 is 4.74 Å². The van der Waals surface area contributed by atoms with Crippen LogP contribution in [0.15, 0.2) is 0 Å². The molecule has 0 radical (unpaired) electrons. The largest absolute Gasteiger partial charge is 0.377 e. The summed E-state index contributed by atoms with van der Waals surface area (Å²) in [5.41, 5.74) is 6.00. The first kappa shape index (κ1) is 12.0. The molecule has 0 bridgehead atoms. The van der Waals surface area contributed by atoms with Gasteiger partial charge in [-0.2, -0.15) is 0 Å². The summed E-state index contributed by atoms with van der Waals surface area (Å²) in [7, 11) is 0. The average Bonchev–Trinajstić information content (AvgIpc) is 2.15. The average molecular weight is 199 g/mol. The van der Waals surface area contributed by atoms with Crippen LogP contribution in [0.2, 0.25) is 0 Å². The second-order valence-corrected chi connectivity index (χ2v) is 4.89. The Hall–Kier alpha value is -0.0800. The molecule has 1 saturated carbocycles. The third kappa shape index (κ3) is 4.43. The number of hydrogen-bond donors (Lipinski definition) is 1. The highest BCUT2D eigenvalue weighted by atomic mass is 16.5. The molecular weight excluding hydrogens is 174 g/mol. The van der Waals surface area contributed by atoms with Gasteiger partial charge in [0.2, 0.25) is 0 Å². The van der Waals surface area contributed by atoms with Gasteiger partial charge in [-0.1, -0.05) is 26.7 Å². The smallest absolute Gasteiger partial charge is 0.0725 e. The van der Waals surface area contributed by atoms with E-state index < -0.39 is 0 Å². The van der Waals surface area contributed by atoms with Gasteiger partial charge in [0.1, 0.15) is 0 Å². The Morgan fingerprint density at radius 3 is 2.64 bits per heavy atom. The third-order valence-corrected chi connectivity index (χ3v) is 3.01. The van der Waals surface area contributed by atoms with Crippen LogP contribution < -0.4 is 5.73 Å². The lowest BCUT2D eigenvalue weighted by Crippen LogP contribution is -2.39. The Morgan fingerprint density at radius 2 is 2.00 bits per heavy atom. The van der Waals surface area contributed by atoms with Crippen molar-refractivity contribution >= 4 is 0 Å². The van der Waals surface area contributed by atoms with Crippen molar-refractivity contribution in [3.63, 3.8) is 0 Å². The van der Waals surface area contributed by atoms with Crippen LogP contribution in [0.1, 0.15) is 52.4 Å². The highest BCUT2D eigenvalue weighted by Gasteiger charge is 2.21. The highest BCUT2D eigenvalue weighted by molar-refractivity contribution is 4.78. The minimum Gasteiger partial charge on any atom is -0.377 e. The summed E-state index contributed by atoms with van der Waals surface area (Å²) in [6.45, 7) is 5.41. The minimum absolute atomic E-state index is 0.294. The van der Waals surface area contributed by atoms with Gasteiger partial charge in [-0.05, 0) is 31.6 Å². The molecule has 0 spiro atoms. The fourth-order valence-corrected chi connectivity index (χ4v) is 2.06. The number of hydrogen-bond acceptors (Lipinski definition) is 2. The molecule has 1 aliphatic rings. The van der Waals surface area contributed by atoms with Crippen molar-refractivity contribution in [3.8, 4) is 0 Å². The Labute approximate surface area is 88.2 Å². The van der Waals surface area contributed by atoms with E-state index in [-0.39, 0.29) is 0 Å². The lowest BCUT2D eigenvalue weighted by atomic mass is 9.93. The van der Waals surface area contributed by atoms with E-state index in [2.05, 4.69) is 13.8 Å². The maximum absolute atomic E-state index is 6.00. The van der Waals surface area contributed by atoms with Crippen molar-refractivity contribution in [1.82, 2.24) is 0 Å². The highest BCUT2D eigenvalue weighted by Crippen LogP contribution is 2.20. The van der Waals surface area contributed by atoms with Gasteiger partial charge in [0.25, 0.3) is 0 Å². The summed E-state index contributed by atoms with van der Waals surface area (Å²) < 4.78 is 5.82. The van der Waals surface area contributed by atoms with Crippen LogP contribution in [0.25, 0.3) is 0 Å². The number of ether oxygens (including phenoxy) is 1. The Balaban J connectivity index is 2.04. The fraction of sp³-hybridized carbons (Fsp3) is 1.00. The Kier molecular flexibility index (Phi) is 5.49. The predicted molar refractivity (Wildman–Crippen MR) is 60.3 cm³/mol. The van der Waals surface area contributed by atoms with Crippen LogP contribution in [0.4, 0.5) is 0 Å². The molecule has 0 amide bonds. The molecule has 2 unspecified atom stereocenters. The molecule has 0 aliphatic heterocycles. The Bertz CT molecular complexity index is 147. The zero-order chi connectivity index (χ0) is 10.4. The van der Waals surface area contributed by atoms with Crippen molar-refractivity contribution in [2.24, 2.45) is 11.7 Å². The maximum atomic E-state index is 6.00. The molecule has 2 N–H and O–H groups in total. The molecule has 2 atom stereocenters. The molecule has 1 aliphatic carbocycles. The first-order valence-corrected chi connectivity index (χ1v) is 6.07. The normalized spacial score (nSPS) is 28.3. The van der Waals surface area contributed by atoms with Crippen LogP contribution in [-0.4, -0.2) is 18.8 Å². The topological polar surface area (TPSA) is 35.2 Å². The maximum Gasteiger partial charge on any atom is 0.0725 e. The molecule has 0 saturated heterocycles. The van der Waals surface area contributed by atoms with Crippen molar-refractivity contribution in [2.45, 2.75) is 64.5 Å². The van der Waals surface area contributed by atoms with E-state index in [9.17, 15) is 0 Å². The first-order chi connectivity index (χ1) is 6.70. The summed E-state index contributed by atoms with van der Waals surface area (Å²) >= 11 is 0. The van der Waals surface area contributed by atoms with Gasteiger partial charge in [0.15, 0.2) is 0 Å². The predicted octanol–water partition coefficient (Wildman–Crippen LogP) is 2.71. The number of nitrogens with two attached hydrogens (primary N) is 1. The van der Waals surface area contributed by atoms with Gasteiger partial charge in [-0.25, -0.2) is 0 Å². The molecule has 84 valence electrons. The monoisotopic (exact) mass is 199 g/mol. The van der Waals surface area contributed by atoms with Crippen LogP contribution in [0, 0.1) is 5.92 Å². The summed E-state index contributed by atoms with van der Waals surface area (Å²) in [5, 5.41) is 0.